The van der Waals surface area contributed by atoms with E-state index < -0.39 is 0 Å². The third-order valence-corrected chi connectivity index (χ3v) is 2.02. The number of hydrogen-bond acceptors (Lipinski definition) is 7. The van der Waals surface area contributed by atoms with E-state index in [1.54, 1.807) is 0 Å². The van der Waals surface area contributed by atoms with E-state index in [2.05, 4.69) is 27.4 Å². The number of nitrogens with zero attached hydrogens (tertiary/aromatic N) is 2. The van der Waals surface area contributed by atoms with E-state index in [1.807, 2.05) is 11.0 Å². The number of hydrogen-bond donors (Lipinski definition) is 2. The lowest BCUT2D eigenvalue weighted by Gasteiger charge is -2.03. The first-order chi connectivity index (χ1) is 11.8. The minimum atomic E-state index is 0.178. The van der Waals surface area contributed by atoms with Crippen molar-refractivity contribution in [3.8, 4) is 6.07 Å². The van der Waals surface area contributed by atoms with Gasteiger partial charge in [0.15, 0.2) is 0 Å². The van der Waals surface area contributed by atoms with Crippen LogP contribution in [0.3, 0.4) is 0 Å². The Kier molecular flexibility index (Phi) is 40.0. The lowest BCUT2D eigenvalue weighted by Crippen LogP contribution is -2.09. The Morgan fingerprint density at radius 3 is 1.79 bits per heavy atom. The van der Waals surface area contributed by atoms with Gasteiger partial charge in [0.1, 0.15) is 20.2 Å². The highest BCUT2D eigenvalue weighted by Crippen LogP contribution is 1.84. The monoisotopic (exact) mass is 458 g/mol. The maximum absolute atomic E-state index is 8.10. The minimum Gasteiger partial charge on any atom is -0.355 e. The average Bonchev–Trinajstić information content (AvgIpc) is 2.63. The quantitative estimate of drug-likeness (QED) is 0.133. The van der Waals surface area contributed by atoms with Gasteiger partial charge in [-0.25, -0.2) is 6.57 Å². The zero-order valence-electron chi connectivity index (χ0n) is 14.5. The van der Waals surface area contributed by atoms with Gasteiger partial charge in [0, 0.05) is 0 Å². The Bertz CT molecular complexity index is 260. The summed E-state index contributed by atoms with van der Waals surface area (Å²) in [4.78, 5) is 5.06. The molecule has 0 aromatic heterocycles. The van der Waals surface area contributed by atoms with Crippen molar-refractivity contribution in [3.63, 3.8) is 0 Å². The molecule has 0 aliphatic carbocycles. The highest BCUT2D eigenvalue weighted by molar-refractivity contribution is 14.1. The molecular weight excluding hydrogens is 427 g/mol. The molecule has 0 saturated carbocycles. The summed E-state index contributed by atoms with van der Waals surface area (Å²) >= 11 is 2.15. The zero-order chi connectivity index (χ0) is 18.7. The van der Waals surface area contributed by atoms with Crippen molar-refractivity contribution in [1.29, 1.82) is 5.26 Å². The van der Waals surface area contributed by atoms with Crippen molar-refractivity contribution in [2.45, 2.75) is 19.3 Å². The Hall–Kier alpha value is -0.530. The van der Waals surface area contributed by atoms with Crippen molar-refractivity contribution < 1.29 is 18.9 Å². The van der Waals surface area contributed by atoms with Gasteiger partial charge in [-0.2, -0.15) is 5.26 Å². The van der Waals surface area contributed by atoms with Gasteiger partial charge in [0.25, 0.3) is 0 Å². The maximum atomic E-state index is 8.10. The Balaban J connectivity index is -0.000000333. The lowest BCUT2D eigenvalue weighted by molar-refractivity contribution is -0.0539. The van der Waals surface area contributed by atoms with Gasteiger partial charge in [0.05, 0.1) is 32.3 Å². The molecule has 8 nitrogen and oxygen atoms in total. The van der Waals surface area contributed by atoms with Gasteiger partial charge < -0.3 is 35.3 Å². The molecule has 0 unspecified atom stereocenters. The fourth-order valence-corrected chi connectivity index (χ4v) is 0.952. The van der Waals surface area contributed by atoms with Crippen LogP contribution in [0.25, 0.3) is 4.85 Å². The van der Waals surface area contributed by atoms with Crippen molar-refractivity contribution in [2.24, 2.45) is 11.5 Å². The summed E-state index contributed by atoms with van der Waals surface area (Å²) in [6.07, 6.45) is 2.16. The molecule has 0 aromatic rings. The van der Waals surface area contributed by atoms with Crippen LogP contribution in [-0.4, -0.2) is 64.6 Å². The van der Waals surface area contributed by atoms with Gasteiger partial charge in [-0.05, 0) is 30.9 Å². The van der Waals surface area contributed by atoms with Crippen LogP contribution in [0.5, 0.6) is 0 Å². The second kappa shape index (κ2) is 33.9. The van der Waals surface area contributed by atoms with Gasteiger partial charge in [0.2, 0.25) is 6.54 Å². The molecule has 24 heavy (non-hydrogen) atoms. The molecule has 142 valence electrons. The zero-order valence-corrected chi connectivity index (χ0v) is 16.7. The Morgan fingerprint density at radius 2 is 1.38 bits per heavy atom. The van der Waals surface area contributed by atoms with E-state index >= 15 is 0 Å². The van der Waals surface area contributed by atoms with E-state index in [-0.39, 0.29) is 6.79 Å². The summed E-state index contributed by atoms with van der Waals surface area (Å²) in [7, 11) is 0. The molecule has 0 aromatic carbocycles. The number of alkyl halides is 1. The first-order valence-electron chi connectivity index (χ1n) is 7.62. The van der Waals surface area contributed by atoms with Crippen molar-refractivity contribution in [3.05, 3.63) is 11.4 Å². The normalized spacial score (nSPS) is 8.92. The molecular formula is C15H31IN4O4. The standard InChI is InChI=1S/C7H10N2O2.C7H18N2O2.CH3I/c1-9-4-6-11-7-10-5-2-3-8;8-3-1-5-10-7-11-6-2-4-9;1-2/h2,4-7H2;1-9H2;1H3. The Morgan fingerprint density at radius 1 is 0.917 bits per heavy atom. The fourth-order valence-electron chi connectivity index (χ4n) is 0.952. The first kappa shape index (κ1) is 28.3. The average molecular weight is 458 g/mol. The van der Waals surface area contributed by atoms with Crippen LogP contribution in [0.4, 0.5) is 0 Å². The summed E-state index contributed by atoms with van der Waals surface area (Å²) in [5, 5.41) is 8.10. The van der Waals surface area contributed by atoms with Crippen molar-refractivity contribution in [1.82, 2.24) is 0 Å². The third kappa shape index (κ3) is 37.6. The topological polar surface area (TPSA) is 117 Å². The third-order valence-electron chi connectivity index (χ3n) is 2.02. The van der Waals surface area contributed by atoms with Crippen LogP contribution in [0, 0.1) is 17.9 Å². The smallest absolute Gasteiger partial charge is 0.237 e. The number of nitrogens with two attached hydrogens (primary N) is 2. The van der Waals surface area contributed by atoms with E-state index in [1.165, 1.54) is 0 Å². The molecule has 0 aliphatic heterocycles. The second-order valence-corrected chi connectivity index (χ2v) is 3.94. The van der Waals surface area contributed by atoms with Gasteiger partial charge in [-0.15, -0.1) is 0 Å². The molecule has 0 saturated heterocycles. The maximum Gasteiger partial charge on any atom is 0.237 e. The largest absolute Gasteiger partial charge is 0.355 e. The second-order valence-electron chi connectivity index (χ2n) is 3.94. The number of nitriles is 1. The highest BCUT2D eigenvalue weighted by atomic mass is 127. The molecule has 0 atom stereocenters. The molecule has 0 rings (SSSR count). The molecule has 0 heterocycles. The molecule has 0 aliphatic rings. The van der Waals surface area contributed by atoms with Gasteiger partial charge >= 0.3 is 0 Å². The molecule has 0 fully saturated rings. The summed E-state index contributed by atoms with van der Waals surface area (Å²) < 4.78 is 19.9. The van der Waals surface area contributed by atoms with Crippen LogP contribution in [-0.2, 0) is 18.9 Å². The molecule has 0 amide bonds. The van der Waals surface area contributed by atoms with Crippen molar-refractivity contribution >= 4 is 22.6 Å². The predicted octanol–water partition coefficient (Wildman–Crippen LogP) is 1.54. The molecule has 0 bridgehead atoms. The van der Waals surface area contributed by atoms with Crippen molar-refractivity contribution in [2.75, 3.05) is 64.6 Å². The van der Waals surface area contributed by atoms with Crippen LogP contribution >= 0.6 is 22.6 Å². The summed E-state index contributed by atoms with van der Waals surface area (Å²) in [6, 6.07) is 1.94. The van der Waals surface area contributed by atoms with Crippen LogP contribution in [0.15, 0.2) is 0 Å². The molecule has 0 spiro atoms. The lowest BCUT2D eigenvalue weighted by atomic mass is 10.5. The van der Waals surface area contributed by atoms with E-state index in [0.29, 0.717) is 59.3 Å². The van der Waals surface area contributed by atoms with Crippen LogP contribution in [0.1, 0.15) is 19.3 Å². The van der Waals surface area contributed by atoms with Crippen LogP contribution in [0.2, 0.25) is 0 Å². The minimum absolute atomic E-state index is 0.178. The summed E-state index contributed by atoms with van der Waals surface area (Å²) in [6.45, 7) is 10.8. The molecule has 9 heteroatoms. The van der Waals surface area contributed by atoms with Gasteiger partial charge in [-0.1, -0.05) is 22.6 Å². The fraction of sp³-hybridized carbons (Fsp3) is 0.867. The SMILES string of the molecule is CI.NCCCOCOCCCN.[C-]#[N+]CCOCOCCC#N. The molecule has 4 N–H and O–H groups in total. The number of ether oxygens (including phenoxy) is 4. The van der Waals surface area contributed by atoms with E-state index in [9.17, 15) is 0 Å². The predicted molar refractivity (Wildman–Crippen MR) is 103 cm³/mol. The highest BCUT2D eigenvalue weighted by Gasteiger charge is 1.89. The molecule has 0 radical (unpaired) electrons. The summed E-state index contributed by atoms with van der Waals surface area (Å²) in [5.41, 5.74) is 10.5. The van der Waals surface area contributed by atoms with Gasteiger partial charge in [-0.3, -0.25) is 0 Å². The van der Waals surface area contributed by atoms with E-state index in [4.69, 9.17) is 42.2 Å². The number of halogens is 1. The van der Waals surface area contributed by atoms with E-state index in [0.717, 1.165) is 12.8 Å². The summed E-state index contributed by atoms with van der Waals surface area (Å²) in [5.74, 6) is 0. The Labute approximate surface area is 159 Å². The number of rotatable bonds is 14. The van der Waals surface area contributed by atoms with Crippen LogP contribution < -0.4 is 11.5 Å². The first-order valence-corrected chi connectivity index (χ1v) is 9.78.